The van der Waals surface area contributed by atoms with Crippen LogP contribution in [0.5, 0.6) is 0 Å². The molecule has 2 saturated heterocycles. The molecule has 0 unspecified atom stereocenters. The van der Waals surface area contributed by atoms with Crippen molar-refractivity contribution in [3.05, 3.63) is 11.7 Å². The smallest absolute Gasteiger partial charge is 0.239 e. The second-order valence-electron chi connectivity index (χ2n) is 5.71. The SMILES string of the molecule is CCc1nc(CN2CCN(C(=O)[C@@H]3CCCN3)CC2)no1.Cl.Cl. The fourth-order valence-electron chi connectivity index (χ4n) is 2.94. The lowest BCUT2D eigenvalue weighted by Crippen LogP contribution is -2.52. The van der Waals surface area contributed by atoms with Crippen molar-refractivity contribution in [3.8, 4) is 0 Å². The number of carbonyl (C=O) groups excluding carboxylic acids is 1. The van der Waals surface area contributed by atoms with Crippen LogP contribution in [-0.4, -0.2) is 64.6 Å². The summed E-state index contributed by atoms with van der Waals surface area (Å²) in [5, 5.41) is 7.26. The van der Waals surface area contributed by atoms with Crippen LogP contribution < -0.4 is 5.32 Å². The third kappa shape index (κ3) is 5.04. The van der Waals surface area contributed by atoms with E-state index in [9.17, 15) is 4.79 Å². The van der Waals surface area contributed by atoms with E-state index in [1.807, 2.05) is 11.8 Å². The standard InChI is InChI=1S/C14H23N5O2.2ClH/c1-2-13-16-12(17-21-13)10-18-6-8-19(9-7-18)14(20)11-4-3-5-15-11;;/h11,15H,2-10H2,1H3;2*1H/t11-;;/m0../s1. The van der Waals surface area contributed by atoms with Crippen molar-refractivity contribution in [2.24, 2.45) is 0 Å². The van der Waals surface area contributed by atoms with Crippen LogP contribution in [0, 0.1) is 0 Å². The Balaban J connectivity index is 0.00000132. The Labute approximate surface area is 149 Å². The number of rotatable bonds is 4. The molecule has 0 aliphatic carbocycles. The highest BCUT2D eigenvalue weighted by Gasteiger charge is 2.29. The Hall–Kier alpha value is -0.890. The molecule has 2 aliphatic heterocycles. The van der Waals surface area contributed by atoms with Crippen LogP contribution in [0.2, 0.25) is 0 Å². The number of hydrogen-bond acceptors (Lipinski definition) is 6. The molecule has 0 bridgehead atoms. The van der Waals surface area contributed by atoms with Gasteiger partial charge in [-0.3, -0.25) is 9.69 Å². The highest BCUT2D eigenvalue weighted by Crippen LogP contribution is 2.12. The quantitative estimate of drug-likeness (QED) is 0.853. The van der Waals surface area contributed by atoms with E-state index in [-0.39, 0.29) is 36.8 Å². The average Bonchev–Trinajstić information content (AvgIpc) is 3.19. The second kappa shape index (κ2) is 9.42. The monoisotopic (exact) mass is 365 g/mol. The molecule has 0 saturated carbocycles. The van der Waals surface area contributed by atoms with E-state index in [0.29, 0.717) is 12.4 Å². The normalized spacial score (nSPS) is 21.6. The van der Waals surface area contributed by atoms with E-state index >= 15 is 0 Å². The molecule has 2 aliphatic rings. The van der Waals surface area contributed by atoms with Gasteiger partial charge in [-0.05, 0) is 19.4 Å². The summed E-state index contributed by atoms with van der Waals surface area (Å²) in [5.74, 6) is 1.69. The minimum Gasteiger partial charge on any atom is -0.339 e. The van der Waals surface area contributed by atoms with E-state index in [4.69, 9.17) is 4.52 Å². The van der Waals surface area contributed by atoms with Gasteiger partial charge in [0.15, 0.2) is 5.82 Å². The Morgan fingerprint density at radius 2 is 2.04 bits per heavy atom. The van der Waals surface area contributed by atoms with Gasteiger partial charge in [-0.2, -0.15) is 4.98 Å². The maximum absolute atomic E-state index is 12.3. The number of amides is 1. The molecule has 1 atom stereocenters. The third-order valence-electron chi connectivity index (χ3n) is 4.22. The maximum atomic E-state index is 12.3. The number of aromatic nitrogens is 2. The molecular weight excluding hydrogens is 341 g/mol. The van der Waals surface area contributed by atoms with Gasteiger partial charge in [-0.25, -0.2) is 0 Å². The van der Waals surface area contributed by atoms with Crippen LogP contribution >= 0.6 is 24.8 Å². The summed E-state index contributed by atoms with van der Waals surface area (Å²) in [7, 11) is 0. The van der Waals surface area contributed by atoms with Crippen LogP contribution in [-0.2, 0) is 17.8 Å². The van der Waals surface area contributed by atoms with Gasteiger partial charge >= 0.3 is 0 Å². The van der Waals surface area contributed by atoms with Crippen LogP contribution in [0.15, 0.2) is 4.52 Å². The maximum Gasteiger partial charge on any atom is 0.239 e. The Kier molecular flexibility index (Phi) is 8.25. The summed E-state index contributed by atoms with van der Waals surface area (Å²) in [6, 6.07) is 0.0425. The van der Waals surface area contributed by atoms with Gasteiger partial charge in [-0.15, -0.1) is 24.8 Å². The molecule has 1 aromatic rings. The first-order chi connectivity index (χ1) is 10.3. The van der Waals surface area contributed by atoms with Crippen molar-refractivity contribution < 1.29 is 9.32 Å². The molecule has 0 radical (unpaired) electrons. The van der Waals surface area contributed by atoms with Crippen molar-refractivity contribution in [2.45, 2.75) is 38.8 Å². The lowest BCUT2D eigenvalue weighted by Gasteiger charge is -2.35. The van der Waals surface area contributed by atoms with Gasteiger partial charge in [0.05, 0.1) is 12.6 Å². The Morgan fingerprint density at radius 1 is 1.30 bits per heavy atom. The molecule has 132 valence electrons. The number of carbonyl (C=O) groups is 1. The van der Waals surface area contributed by atoms with E-state index in [0.717, 1.165) is 57.8 Å². The lowest BCUT2D eigenvalue weighted by atomic mass is 10.2. The van der Waals surface area contributed by atoms with Gasteiger partial charge in [-0.1, -0.05) is 12.1 Å². The van der Waals surface area contributed by atoms with Gasteiger partial charge in [0, 0.05) is 32.6 Å². The first-order valence-electron chi connectivity index (χ1n) is 7.82. The first kappa shape index (κ1) is 20.2. The molecule has 1 aromatic heterocycles. The summed E-state index contributed by atoms with van der Waals surface area (Å²) < 4.78 is 5.12. The van der Waals surface area contributed by atoms with E-state index in [1.54, 1.807) is 0 Å². The van der Waals surface area contributed by atoms with Gasteiger partial charge in [0.2, 0.25) is 11.8 Å². The fraction of sp³-hybridized carbons (Fsp3) is 0.786. The summed E-state index contributed by atoms with van der Waals surface area (Å²) in [6.45, 7) is 6.98. The summed E-state index contributed by atoms with van der Waals surface area (Å²) in [5.41, 5.74) is 0. The Morgan fingerprint density at radius 3 is 2.61 bits per heavy atom. The number of hydrogen-bond donors (Lipinski definition) is 1. The number of piperazine rings is 1. The van der Waals surface area contributed by atoms with Crippen LogP contribution in [0.4, 0.5) is 0 Å². The predicted octanol–water partition coefficient (Wildman–Crippen LogP) is 0.872. The zero-order valence-electron chi connectivity index (χ0n) is 13.4. The van der Waals surface area contributed by atoms with Crippen molar-refractivity contribution in [1.82, 2.24) is 25.3 Å². The van der Waals surface area contributed by atoms with Gasteiger partial charge in [0.1, 0.15) is 0 Å². The molecule has 7 nitrogen and oxygen atoms in total. The second-order valence-corrected chi connectivity index (χ2v) is 5.71. The minimum absolute atomic E-state index is 0. The summed E-state index contributed by atoms with van der Waals surface area (Å²) in [4.78, 5) is 20.9. The van der Waals surface area contributed by atoms with Gasteiger partial charge < -0.3 is 14.7 Å². The van der Waals surface area contributed by atoms with Gasteiger partial charge in [0.25, 0.3) is 0 Å². The number of aryl methyl sites for hydroxylation is 1. The molecule has 2 fully saturated rings. The first-order valence-corrected chi connectivity index (χ1v) is 7.82. The molecule has 3 rings (SSSR count). The lowest BCUT2D eigenvalue weighted by molar-refractivity contribution is -0.134. The topological polar surface area (TPSA) is 74.5 Å². The van der Waals surface area contributed by atoms with Crippen molar-refractivity contribution in [2.75, 3.05) is 32.7 Å². The fourth-order valence-corrected chi connectivity index (χ4v) is 2.94. The average molecular weight is 366 g/mol. The molecule has 3 heterocycles. The zero-order chi connectivity index (χ0) is 14.7. The molecular formula is C14H25Cl2N5O2. The largest absolute Gasteiger partial charge is 0.339 e. The third-order valence-corrected chi connectivity index (χ3v) is 4.22. The van der Waals surface area contributed by atoms with E-state index in [1.165, 1.54) is 0 Å². The number of nitrogens with zero attached hydrogens (tertiary/aromatic N) is 4. The predicted molar refractivity (Wildman–Crippen MR) is 91.1 cm³/mol. The molecule has 9 heteroatoms. The van der Waals surface area contributed by atoms with E-state index in [2.05, 4.69) is 20.4 Å². The van der Waals surface area contributed by atoms with Crippen molar-refractivity contribution in [3.63, 3.8) is 0 Å². The molecule has 0 aromatic carbocycles. The summed E-state index contributed by atoms with van der Waals surface area (Å²) in [6.07, 6.45) is 2.85. The minimum atomic E-state index is 0. The molecule has 0 spiro atoms. The van der Waals surface area contributed by atoms with Crippen molar-refractivity contribution in [1.29, 1.82) is 0 Å². The molecule has 1 N–H and O–H groups in total. The van der Waals surface area contributed by atoms with Crippen LogP contribution in [0.1, 0.15) is 31.5 Å². The summed E-state index contributed by atoms with van der Waals surface area (Å²) >= 11 is 0. The molecule has 1 amide bonds. The highest BCUT2D eigenvalue weighted by atomic mass is 35.5. The van der Waals surface area contributed by atoms with E-state index < -0.39 is 0 Å². The molecule has 23 heavy (non-hydrogen) atoms. The zero-order valence-corrected chi connectivity index (χ0v) is 15.0. The Bertz CT molecular complexity index is 485. The highest BCUT2D eigenvalue weighted by molar-refractivity contribution is 5.85. The number of halogens is 2. The van der Waals surface area contributed by atoms with Crippen LogP contribution in [0.25, 0.3) is 0 Å². The number of nitrogens with one attached hydrogen (secondary N) is 1. The van der Waals surface area contributed by atoms with Crippen molar-refractivity contribution >= 4 is 30.7 Å². The van der Waals surface area contributed by atoms with Crippen LogP contribution in [0.3, 0.4) is 0 Å².